The molecular formula is C21H23ClN2O. The molecule has 3 rings (SSSR count). The maximum Gasteiger partial charge on any atom is 0.327 e. The van der Waals surface area contributed by atoms with Crippen LogP contribution in [0.1, 0.15) is 37.5 Å². The Morgan fingerprint density at radius 2 is 1.76 bits per heavy atom. The maximum absolute atomic E-state index is 13.1. The minimum atomic E-state index is -0.429. The van der Waals surface area contributed by atoms with E-state index in [1.807, 2.05) is 30.9 Å². The lowest BCUT2D eigenvalue weighted by atomic mass is 9.87. The number of aryl methyl sites for hydroxylation is 2. The van der Waals surface area contributed by atoms with Crippen LogP contribution in [0, 0.1) is 13.8 Å². The van der Waals surface area contributed by atoms with E-state index in [1.54, 1.807) is 12.1 Å². The van der Waals surface area contributed by atoms with Crippen molar-refractivity contribution in [2.24, 2.45) is 0 Å². The highest BCUT2D eigenvalue weighted by atomic mass is 35.5. The van der Waals surface area contributed by atoms with Crippen LogP contribution >= 0.6 is 11.6 Å². The molecule has 25 heavy (non-hydrogen) atoms. The number of nitrogens with one attached hydrogen (secondary N) is 1. The molecule has 0 aromatic heterocycles. The summed E-state index contributed by atoms with van der Waals surface area (Å²) in [6.45, 7) is 10.4. The van der Waals surface area contributed by atoms with Gasteiger partial charge >= 0.3 is 6.03 Å². The fourth-order valence-electron chi connectivity index (χ4n) is 3.40. The van der Waals surface area contributed by atoms with E-state index in [2.05, 4.69) is 44.3 Å². The van der Waals surface area contributed by atoms with Gasteiger partial charge in [-0.3, -0.25) is 4.90 Å². The van der Waals surface area contributed by atoms with Gasteiger partial charge in [0.05, 0.1) is 11.2 Å². The number of hydrogen-bond acceptors (Lipinski definition) is 1. The second-order valence-corrected chi connectivity index (χ2v) is 7.65. The number of carbonyl (C=O) groups excluding carboxylic acids is 1. The van der Waals surface area contributed by atoms with E-state index in [-0.39, 0.29) is 6.03 Å². The molecule has 1 aliphatic heterocycles. The minimum Gasteiger partial charge on any atom is -0.307 e. The summed E-state index contributed by atoms with van der Waals surface area (Å²) in [6, 6.07) is 11.3. The predicted molar refractivity (Wildman–Crippen MR) is 107 cm³/mol. The van der Waals surface area contributed by atoms with E-state index in [1.165, 1.54) is 16.7 Å². The van der Waals surface area contributed by atoms with Gasteiger partial charge in [-0.15, -0.1) is 0 Å². The fraction of sp³-hybridized carbons (Fsp3) is 0.286. The van der Waals surface area contributed by atoms with Crippen molar-refractivity contribution >= 4 is 34.6 Å². The average molecular weight is 355 g/mol. The lowest BCUT2D eigenvalue weighted by molar-refractivity contribution is 0.253. The summed E-state index contributed by atoms with van der Waals surface area (Å²) in [6.07, 6.45) is 2.14. The highest BCUT2D eigenvalue weighted by Crippen LogP contribution is 2.40. The highest BCUT2D eigenvalue weighted by Gasteiger charge is 2.36. The Morgan fingerprint density at radius 1 is 1.08 bits per heavy atom. The molecule has 3 nitrogen and oxygen atoms in total. The maximum atomic E-state index is 13.1. The van der Waals surface area contributed by atoms with Gasteiger partial charge in [-0.05, 0) is 81.7 Å². The van der Waals surface area contributed by atoms with Crippen molar-refractivity contribution < 1.29 is 4.79 Å². The zero-order valence-electron chi connectivity index (χ0n) is 15.3. The first-order chi connectivity index (χ1) is 11.7. The summed E-state index contributed by atoms with van der Waals surface area (Å²) in [5.41, 5.74) is 5.88. The van der Waals surface area contributed by atoms with E-state index in [4.69, 9.17) is 11.6 Å². The summed E-state index contributed by atoms with van der Waals surface area (Å²) < 4.78 is 0. The third kappa shape index (κ3) is 3.29. The molecule has 1 N–H and O–H groups in total. The summed E-state index contributed by atoms with van der Waals surface area (Å²) in [5.74, 6) is 0. The molecule has 0 unspecified atom stereocenters. The van der Waals surface area contributed by atoms with Crippen molar-refractivity contribution in [2.75, 3.05) is 10.2 Å². The summed E-state index contributed by atoms with van der Waals surface area (Å²) in [5, 5.41) is 3.57. The highest BCUT2D eigenvalue weighted by molar-refractivity contribution is 6.31. The van der Waals surface area contributed by atoms with Gasteiger partial charge < -0.3 is 5.32 Å². The minimum absolute atomic E-state index is 0.166. The largest absolute Gasteiger partial charge is 0.327 e. The standard InChI is InChI=1S/C21H23ClN2O/c1-13-9-18-15(3)12-21(4,5)24(19(18)10-14(13)2)20(25)23-17-8-6-7-16(22)11-17/h6-12H,1-5H3,(H,23,25). The Morgan fingerprint density at radius 3 is 2.44 bits per heavy atom. The summed E-state index contributed by atoms with van der Waals surface area (Å²) in [4.78, 5) is 14.9. The van der Waals surface area contributed by atoms with Crippen LogP contribution in [-0.4, -0.2) is 11.6 Å². The number of hydrogen-bond donors (Lipinski definition) is 1. The Hall–Kier alpha value is -2.26. The van der Waals surface area contributed by atoms with Crippen LogP contribution in [0.25, 0.3) is 5.57 Å². The van der Waals surface area contributed by atoms with E-state index in [0.717, 1.165) is 11.3 Å². The Bertz CT molecular complexity index is 883. The molecule has 0 atom stereocenters. The molecule has 2 amide bonds. The molecule has 130 valence electrons. The molecule has 2 aromatic carbocycles. The van der Waals surface area contributed by atoms with Crippen LogP contribution in [0.15, 0.2) is 42.5 Å². The van der Waals surface area contributed by atoms with E-state index >= 15 is 0 Å². The van der Waals surface area contributed by atoms with Crippen molar-refractivity contribution in [1.82, 2.24) is 0 Å². The van der Waals surface area contributed by atoms with Gasteiger partial charge in [-0.1, -0.05) is 23.7 Å². The number of carbonyl (C=O) groups is 1. The Labute approximate surface area is 154 Å². The van der Waals surface area contributed by atoms with Gasteiger partial charge in [0.2, 0.25) is 0 Å². The molecule has 0 radical (unpaired) electrons. The SMILES string of the molecule is CC1=CC(C)(C)N(C(=O)Nc2cccc(Cl)c2)c2cc(C)c(C)cc21. The molecule has 0 aliphatic carbocycles. The average Bonchev–Trinajstić information content (AvgIpc) is 2.48. The van der Waals surface area contributed by atoms with Gasteiger partial charge in [0.1, 0.15) is 0 Å². The molecule has 0 spiro atoms. The van der Waals surface area contributed by atoms with Gasteiger partial charge in [0.15, 0.2) is 0 Å². The van der Waals surface area contributed by atoms with Crippen LogP contribution in [0.2, 0.25) is 5.02 Å². The third-order valence-corrected chi connectivity index (χ3v) is 4.94. The lowest BCUT2D eigenvalue weighted by Gasteiger charge is -2.41. The van der Waals surface area contributed by atoms with Crippen molar-refractivity contribution in [3.8, 4) is 0 Å². The first-order valence-corrected chi connectivity index (χ1v) is 8.75. The number of urea groups is 1. The lowest BCUT2D eigenvalue weighted by Crippen LogP contribution is -2.50. The van der Waals surface area contributed by atoms with Gasteiger partial charge in [0.25, 0.3) is 0 Å². The first-order valence-electron chi connectivity index (χ1n) is 8.37. The molecule has 0 bridgehead atoms. The number of anilines is 2. The molecule has 2 aromatic rings. The molecule has 0 fully saturated rings. The predicted octanol–water partition coefficient (Wildman–Crippen LogP) is 6.19. The number of nitrogens with zero attached hydrogens (tertiary/aromatic N) is 1. The molecule has 0 saturated heterocycles. The quantitative estimate of drug-likeness (QED) is 0.650. The van der Waals surface area contributed by atoms with Gasteiger partial charge in [-0.2, -0.15) is 0 Å². The van der Waals surface area contributed by atoms with Crippen LogP contribution < -0.4 is 10.2 Å². The molecule has 1 heterocycles. The second-order valence-electron chi connectivity index (χ2n) is 7.21. The Balaban J connectivity index is 2.05. The number of allylic oxidation sites excluding steroid dienone is 1. The summed E-state index contributed by atoms with van der Waals surface area (Å²) >= 11 is 6.03. The molecule has 1 aliphatic rings. The fourth-order valence-corrected chi connectivity index (χ4v) is 3.59. The number of benzene rings is 2. The Kier molecular flexibility index (Phi) is 4.38. The normalized spacial score (nSPS) is 15.4. The van der Waals surface area contributed by atoms with Crippen molar-refractivity contribution in [1.29, 1.82) is 0 Å². The molecular weight excluding hydrogens is 332 g/mol. The number of rotatable bonds is 1. The molecule has 4 heteroatoms. The zero-order chi connectivity index (χ0) is 18.4. The number of amides is 2. The van der Waals surface area contributed by atoms with Crippen molar-refractivity contribution in [3.05, 3.63) is 64.2 Å². The summed E-state index contributed by atoms with van der Waals surface area (Å²) in [7, 11) is 0. The van der Waals surface area contributed by atoms with Gasteiger partial charge in [-0.25, -0.2) is 4.79 Å². The van der Waals surface area contributed by atoms with Gasteiger partial charge in [0, 0.05) is 16.3 Å². The van der Waals surface area contributed by atoms with Crippen molar-refractivity contribution in [2.45, 2.75) is 40.2 Å². The monoisotopic (exact) mass is 354 g/mol. The number of fused-ring (bicyclic) bond motifs is 1. The third-order valence-electron chi connectivity index (χ3n) is 4.70. The topological polar surface area (TPSA) is 32.3 Å². The van der Waals surface area contributed by atoms with E-state index in [0.29, 0.717) is 10.7 Å². The number of halogens is 1. The smallest absolute Gasteiger partial charge is 0.307 e. The van der Waals surface area contributed by atoms with E-state index < -0.39 is 5.54 Å². The van der Waals surface area contributed by atoms with Crippen LogP contribution in [0.3, 0.4) is 0 Å². The van der Waals surface area contributed by atoms with Crippen LogP contribution in [-0.2, 0) is 0 Å². The van der Waals surface area contributed by atoms with E-state index in [9.17, 15) is 4.79 Å². The van der Waals surface area contributed by atoms with Crippen molar-refractivity contribution in [3.63, 3.8) is 0 Å². The first kappa shape index (κ1) is 17.6. The van der Waals surface area contributed by atoms with Crippen LogP contribution in [0.5, 0.6) is 0 Å². The second kappa shape index (κ2) is 6.23. The molecule has 0 saturated carbocycles. The zero-order valence-corrected chi connectivity index (χ0v) is 16.0. The van der Waals surface area contributed by atoms with Crippen LogP contribution in [0.4, 0.5) is 16.2 Å².